The SMILES string of the molecule is CC1CCCNC1C(=O)Nc1ncc(Br)s1. The van der Waals surface area contributed by atoms with E-state index in [9.17, 15) is 4.79 Å². The molecule has 2 atom stereocenters. The second-order valence-electron chi connectivity index (χ2n) is 4.01. The van der Waals surface area contributed by atoms with Crippen LogP contribution in [0.5, 0.6) is 0 Å². The normalized spacial score (nSPS) is 25.4. The maximum atomic E-state index is 12.0. The lowest BCUT2D eigenvalue weighted by molar-refractivity contribution is -0.119. The van der Waals surface area contributed by atoms with Gasteiger partial charge in [-0.1, -0.05) is 18.3 Å². The molecule has 1 aromatic heterocycles. The van der Waals surface area contributed by atoms with Crippen LogP contribution in [-0.2, 0) is 4.79 Å². The lowest BCUT2D eigenvalue weighted by Crippen LogP contribution is -2.48. The van der Waals surface area contributed by atoms with E-state index >= 15 is 0 Å². The number of hydrogen-bond acceptors (Lipinski definition) is 4. The molecule has 88 valence electrons. The second kappa shape index (κ2) is 5.25. The lowest BCUT2D eigenvalue weighted by Gasteiger charge is -2.28. The fourth-order valence-corrected chi connectivity index (χ4v) is 3.01. The summed E-state index contributed by atoms with van der Waals surface area (Å²) in [6, 6.07) is -0.0866. The summed E-state index contributed by atoms with van der Waals surface area (Å²) in [6.07, 6.45) is 3.94. The maximum absolute atomic E-state index is 12.0. The first-order chi connectivity index (χ1) is 7.66. The Balaban J connectivity index is 1.96. The number of aromatic nitrogens is 1. The third-order valence-corrected chi connectivity index (χ3v) is 4.15. The molecule has 4 nitrogen and oxygen atoms in total. The molecule has 0 bridgehead atoms. The van der Waals surface area contributed by atoms with Crippen LogP contribution < -0.4 is 10.6 Å². The number of thiazole rings is 1. The highest BCUT2D eigenvalue weighted by Gasteiger charge is 2.27. The van der Waals surface area contributed by atoms with Crippen molar-refractivity contribution in [3.05, 3.63) is 9.98 Å². The zero-order chi connectivity index (χ0) is 11.5. The quantitative estimate of drug-likeness (QED) is 0.881. The van der Waals surface area contributed by atoms with E-state index in [1.807, 2.05) is 0 Å². The molecule has 1 amide bonds. The van der Waals surface area contributed by atoms with Crippen LogP contribution in [0.3, 0.4) is 0 Å². The van der Waals surface area contributed by atoms with E-state index in [2.05, 4.69) is 38.5 Å². The standard InChI is InChI=1S/C10H14BrN3OS/c1-6-3-2-4-12-8(6)9(15)14-10-13-5-7(11)16-10/h5-6,8,12H,2-4H2,1H3,(H,13,14,15). The zero-order valence-corrected chi connectivity index (χ0v) is 11.4. The van der Waals surface area contributed by atoms with Crippen molar-refractivity contribution in [1.29, 1.82) is 0 Å². The van der Waals surface area contributed by atoms with Gasteiger partial charge in [0.25, 0.3) is 0 Å². The van der Waals surface area contributed by atoms with Crippen molar-refractivity contribution in [3.8, 4) is 0 Å². The van der Waals surface area contributed by atoms with Crippen molar-refractivity contribution in [2.24, 2.45) is 5.92 Å². The molecule has 2 rings (SSSR count). The van der Waals surface area contributed by atoms with Crippen molar-refractivity contribution >= 4 is 38.3 Å². The third-order valence-electron chi connectivity index (χ3n) is 2.76. The van der Waals surface area contributed by atoms with Crippen molar-refractivity contribution in [3.63, 3.8) is 0 Å². The van der Waals surface area contributed by atoms with Gasteiger partial charge in [-0.25, -0.2) is 4.98 Å². The first-order valence-electron chi connectivity index (χ1n) is 5.32. The predicted octanol–water partition coefficient (Wildman–Crippen LogP) is 2.23. The summed E-state index contributed by atoms with van der Waals surface area (Å²) >= 11 is 4.75. The van der Waals surface area contributed by atoms with Gasteiger partial charge in [-0.15, -0.1) is 0 Å². The Morgan fingerprint density at radius 3 is 3.19 bits per heavy atom. The number of nitrogens with one attached hydrogen (secondary N) is 2. The van der Waals surface area contributed by atoms with Crippen LogP contribution in [0.25, 0.3) is 0 Å². The van der Waals surface area contributed by atoms with E-state index in [1.165, 1.54) is 11.3 Å². The molecule has 1 aromatic rings. The van der Waals surface area contributed by atoms with Crippen LogP contribution in [0.2, 0.25) is 0 Å². The van der Waals surface area contributed by atoms with Crippen LogP contribution in [-0.4, -0.2) is 23.5 Å². The largest absolute Gasteiger partial charge is 0.306 e. The Hall–Kier alpha value is -0.460. The fourth-order valence-electron chi connectivity index (χ4n) is 1.90. The lowest BCUT2D eigenvalue weighted by atomic mass is 9.92. The van der Waals surface area contributed by atoms with Gasteiger partial charge in [0.15, 0.2) is 5.13 Å². The highest BCUT2D eigenvalue weighted by Crippen LogP contribution is 2.24. The van der Waals surface area contributed by atoms with Gasteiger partial charge in [0.05, 0.1) is 16.0 Å². The van der Waals surface area contributed by atoms with E-state index in [1.54, 1.807) is 6.20 Å². The number of hydrogen-bond donors (Lipinski definition) is 2. The molecule has 0 radical (unpaired) electrons. The highest BCUT2D eigenvalue weighted by molar-refractivity contribution is 9.11. The number of piperidine rings is 1. The average molecular weight is 304 g/mol. The van der Waals surface area contributed by atoms with Crippen LogP contribution in [0.15, 0.2) is 9.98 Å². The fraction of sp³-hybridized carbons (Fsp3) is 0.600. The minimum absolute atomic E-state index is 0.0223. The molecule has 6 heteroatoms. The van der Waals surface area contributed by atoms with E-state index < -0.39 is 0 Å². The van der Waals surface area contributed by atoms with Gasteiger partial charge < -0.3 is 10.6 Å². The number of anilines is 1. The summed E-state index contributed by atoms with van der Waals surface area (Å²) in [6.45, 7) is 3.03. The van der Waals surface area contributed by atoms with E-state index in [4.69, 9.17) is 0 Å². The molecular formula is C10H14BrN3OS. The first kappa shape index (κ1) is 12.0. The molecule has 0 aromatic carbocycles. The summed E-state index contributed by atoms with van der Waals surface area (Å²) in [5.74, 6) is 0.409. The van der Waals surface area contributed by atoms with Crippen molar-refractivity contribution < 1.29 is 4.79 Å². The van der Waals surface area contributed by atoms with Crippen molar-refractivity contribution in [2.75, 3.05) is 11.9 Å². The number of halogens is 1. The molecule has 1 saturated heterocycles. The van der Waals surface area contributed by atoms with Gasteiger partial charge in [0, 0.05) is 0 Å². The smallest absolute Gasteiger partial charge is 0.243 e. The number of carbonyl (C=O) groups excluding carboxylic acids is 1. The van der Waals surface area contributed by atoms with Gasteiger partial charge in [-0.2, -0.15) is 0 Å². The second-order valence-corrected chi connectivity index (χ2v) is 6.42. The summed E-state index contributed by atoms with van der Waals surface area (Å²) in [7, 11) is 0. The summed E-state index contributed by atoms with van der Waals surface area (Å²) in [4.78, 5) is 16.1. The van der Waals surface area contributed by atoms with Crippen molar-refractivity contribution in [2.45, 2.75) is 25.8 Å². The minimum Gasteiger partial charge on any atom is -0.306 e. The molecule has 16 heavy (non-hydrogen) atoms. The Labute approximate surface area is 107 Å². The number of nitrogens with zero attached hydrogens (tertiary/aromatic N) is 1. The van der Waals surface area contributed by atoms with Gasteiger partial charge in [0.1, 0.15) is 0 Å². The van der Waals surface area contributed by atoms with E-state index in [0.717, 1.165) is 23.2 Å². The number of rotatable bonds is 2. The van der Waals surface area contributed by atoms with Crippen molar-refractivity contribution in [1.82, 2.24) is 10.3 Å². The van der Waals surface area contributed by atoms with Crippen LogP contribution >= 0.6 is 27.3 Å². The first-order valence-corrected chi connectivity index (χ1v) is 6.93. The summed E-state index contributed by atoms with van der Waals surface area (Å²) in [5.41, 5.74) is 0. The van der Waals surface area contributed by atoms with Gasteiger partial charge in [-0.05, 0) is 41.2 Å². The van der Waals surface area contributed by atoms with Gasteiger partial charge in [0.2, 0.25) is 5.91 Å². The zero-order valence-electron chi connectivity index (χ0n) is 9.00. The molecule has 2 N–H and O–H groups in total. The Bertz CT molecular complexity index is 382. The molecule has 2 unspecified atom stereocenters. The Kier molecular flexibility index (Phi) is 3.94. The number of carbonyl (C=O) groups is 1. The summed E-state index contributed by atoms with van der Waals surface area (Å²) < 4.78 is 0.924. The Morgan fingerprint density at radius 1 is 1.75 bits per heavy atom. The Morgan fingerprint density at radius 2 is 2.56 bits per heavy atom. The topological polar surface area (TPSA) is 54.0 Å². The third kappa shape index (κ3) is 2.81. The molecule has 0 aliphatic carbocycles. The van der Waals surface area contributed by atoms with Crippen LogP contribution in [0.1, 0.15) is 19.8 Å². The summed E-state index contributed by atoms with van der Waals surface area (Å²) in [5, 5.41) is 6.74. The van der Waals surface area contributed by atoms with E-state index in [0.29, 0.717) is 11.0 Å². The molecule has 1 aliphatic rings. The monoisotopic (exact) mass is 303 g/mol. The molecule has 0 saturated carbocycles. The van der Waals surface area contributed by atoms with Crippen LogP contribution in [0, 0.1) is 5.92 Å². The van der Waals surface area contributed by atoms with Gasteiger partial charge >= 0.3 is 0 Å². The average Bonchev–Trinajstić information content (AvgIpc) is 2.64. The van der Waals surface area contributed by atoms with E-state index in [-0.39, 0.29) is 11.9 Å². The predicted molar refractivity (Wildman–Crippen MR) is 68.6 cm³/mol. The maximum Gasteiger partial charge on any atom is 0.243 e. The molecule has 2 heterocycles. The molecule has 1 fully saturated rings. The van der Waals surface area contributed by atoms with Gasteiger partial charge in [-0.3, -0.25) is 4.79 Å². The highest BCUT2D eigenvalue weighted by atomic mass is 79.9. The number of amides is 1. The molecule has 1 aliphatic heterocycles. The molecular weight excluding hydrogens is 290 g/mol. The molecule has 0 spiro atoms. The van der Waals surface area contributed by atoms with Crippen LogP contribution in [0.4, 0.5) is 5.13 Å². The minimum atomic E-state index is -0.0866.